The average Bonchev–Trinajstić information content (AvgIpc) is 2.54. The van der Waals surface area contributed by atoms with Crippen molar-refractivity contribution in [3.8, 4) is 11.8 Å². The van der Waals surface area contributed by atoms with Gasteiger partial charge >= 0.3 is 17.8 Å². The second-order valence-electron chi connectivity index (χ2n) is 4.80. The van der Waals surface area contributed by atoms with Gasteiger partial charge in [0.05, 0.1) is 18.7 Å². The third-order valence-corrected chi connectivity index (χ3v) is 2.89. The predicted octanol–water partition coefficient (Wildman–Crippen LogP) is 0.255. The summed E-state index contributed by atoms with van der Waals surface area (Å²) >= 11 is 0. The maximum absolute atomic E-state index is 12.1. The van der Waals surface area contributed by atoms with Crippen LogP contribution < -0.4 is 16.7 Å². The molecule has 0 radical (unpaired) electrons. The zero-order valence-electron chi connectivity index (χ0n) is 14.2. The number of aromatic nitrogens is 2. The Hall–Kier alpha value is -2.58. The molecule has 8 nitrogen and oxygen atoms in total. The lowest BCUT2D eigenvalue weighted by molar-refractivity contribution is -0.173. The summed E-state index contributed by atoms with van der Waals surface area (Å²) < 4.78 is 48.0. The Morgan fingerprint density at radius 3 is 2.54 bits per heavy atom. The zero-order chi connectivity index (χ0) is 19.7. The minimum absolute atomic E-state index is 0.0350. The first-order valence-electron chi connectivity index (χ1n) is 7.63. The third kappa shape index (κ3) is 6.73. The van der Waals surface area contributed by atoms with Crippen LogP contribution in [0.1, 0.15) is 19.4 Å². The minimum atomic E-state index is -4.98. The number of rotatable bonds is 7. The fraction of sp³-hybridized carbons (Fsp3) is 0.533. The van der Waals surface area contributed by atoms with E-state index in [1.165, 1.54) is 10.8 Å². The number of nitrogens with two attached hydrogens (primary N) is 1. The van der Waals surface area contributed by atoms with Crippen molar-refractivity contribution >= 4 is 11.7 Å². The molecule has 0 aliphatic carbocycles. The van der Waals surface area contributed by atoms with Crippen LogP contribution in [0.2, 0.25) is 0 Å². The molecule has 1 heterocycles. The number of carbonyl (C=O) groups is 1. The fourth-order valence-corrected chi connectivity index (χ4v) is 1.78. The SMILES string of the molecule is CCOC(Cn1cc(C#CCNC(=O)C(F)(F)F)c(N)nc1=O)OCC. The van der Waals surface area contributed by atoms with Crippen LogP contribution in [-0.4, -0.2) is 47.7 Å². The standard InChI is InChI=1S/C15H19F3N4O4/c1-3-25-11(26-4-2)9-22-8-10(12(19)21-14(22)24)6-5-7-20-13(23)15(16,17)18/h8,11H,3-4,7,9H2,1-2H3,(H,20,23)(H2,19,21,24). The van der Waals surface area contributed by atoms with Gasteiger partial charge in [-0.05, 0) is 13.8 Å². The topological polar surface area (TPSA) is 108 Å². The van der Waals surface area contributed by atoms with Crippen LogP contribution in [-0.2, 0) is 20.8 Å². The summed E-state index contributed by atoms with van der Waals surface area (Å²) in [6, 6.07) is 0. The first-order valence-corrected chi connectivity index (χ1v) is 7.63. The van der Waals surface area contributed by atoms with E-state index in [1.54, 1.807) is 19.2 Å². The van der Waals surface area contributed by atoms with E-state index >= 15 is 0 Å². The molecule has 0 spiro atoms. The summed E-state index contributed by atoms with van der Waals surface area (Å²) in [5, 5.41) is 1.60. The molecule has 0 saturated heterocycles. The van der Waals surface area contributed by atoms with Crippen LogP contribution in [0.15, 0.2) is 11.0 Å². The largest absolute Gasteiger partial charge is 0.471 e. The lowest BCUT2D eigenvalue weighted by atomic mass is 10.3. The second-order valence-corrected chi connectivity index (χ2v) is 4.80. The monoisotopic (exact) mass is 376 g/mol. The maximum atomic E-state index is 12.1. The molecule has 0 unspecified atom stereocenters. The van der Waals surface area contributed by atoms with Crippen LogP contribution >= 0.6 is 0 Å². The van der Waals surface area contributed by atoms with Gasteiger partial charge in [-0.2, -0.15) is 18.2 Å². The normalized spacial score (nSPS) is 11.2. The highest BCUT2D eigenvalue weighted by Crippen LogP contribution is 2.13. The molecular weight excluding hydrogens is 357 g/mol. The number of nitrogens with one attached hydrogen (secondary N) is 1. The molecule has 3 N–H and O–H groups in total. The van der Waals surface area contributed by atoms with E-state index in [9.17, 15) is 22.8 Å². The number of amides is 1. The summed E-state index contributed by atoms with van der Waals surface area (Å²) in [5.74, 6) is 2.51. The Labute approximate surface area is 147 Å². The van der Waals surface area contributed by atoms with Crippen LogP contribution in [0.5, 0.6) is 0 Å². The number of anilines is 1. The lowest BCUT2D eigenvalue weighted by Gasteiger charge is -2.18. The zero-order valence-corrected chi connectivity index (χ0v) is 14.2. The fourth-order valence-electron chi connectivity index (χ4n) is 1.78. The van der Waals surface area contributed by atoms with Crippen molar-refractivity contribution in [1.29, 1.82) is 0 Å². The van der Waals surface area contributed by atoms with E-state index in [0.717, 1.165) is 0 Å². The Kier molecular flexibility index (Phi) is 8.08. The van der Waals surface area contributed by atoms with Crippen molar-refractivity contribution in [3.05, 3.63) is 22.2 Å². The van der Waals surface area contributed by atoms with Crippen LogP contribution in [0.3, 0.4) is 0 Å². The minimum Gasteiger partial charge on any atom is -0.382 e. The molecule has 26 heavy (non-hydrogen) atoms. The molecule has 0 fully saturated rings. The van der Waals surface area contributed by atoms with Gasteiger partial charge in [-0.25, -0.2) is 4.79 Å². The highest BCUT2D eigenvalue weighted by molar-refractivity contribution is 5.81. The summed E-state index contributed by atoms with van der Waals surface area (Å²) in [5.41, 5.74) is 5.07. The van der Waals surface area contributed by atoms with Gasteiger partial charge in [0.1, 0.15) is 5.82 Å². The summed E-state index contributed by atoms with van der Waals surface area (Å²) in [7, 11) is 0. The van der Waals surface area contributed by atoms with Crippen molar-refractivity contribution < 1.29 is 27.4 Å². The quantitative estimate of drug-likeness (QED) is 0.522. The van der Waals surface area contributed by atoms with Crippen molar-refractivity contribution in [2.24, 2.45) is 0 Å². The Balaban J connectivity index is 2.89. The molecule has 0 bridgehead atoms. The number of nitrogens with zero attached hydrogens (tertiary/aromatic N) is 2. The van der Waals surface area contributed by atoms with Crippen LogP contribution in [0.4, 0.5) is 19.0 Å². The molecule has 1 aromatic heterocycles. The van der Waals surface area contributed by atoms with Crippen molar-refractivity contribution in [2.75, 3.05) is 25.5 Å². The van der Waals surface area contributed by atoms with E-state index in [2.05, 4.69) is 16.8 Å². The number of ether oxygens (including phenoxy) is 2. The van der Waals surface area contributed by atoms with Gasteiger partial charge in [0.25, 0.3) is 0 Å². The van der Waals surface area contributed by atoms with Gasteiger partial charge in [-0.1, -0.05) is 11.8 Å². The molecule has 0 aliphatic heterocycles. The maximum Gasteiger partial charge on any atom is 0.471 e. The summed E-state index contributed by atoms with van der Waals surface area (Å²) in [6.07, 6.45) is -4.36. The molecule has 11 heteroatoms. The second kappa shape index (κ2) is 9.79. The average molecular weight is 376 g/mol. The Bertz CT molecular complexity index is 731. The number of alkyl halides is 3. The van der Waals surface area contributed by atoms with E-state index in [4.69, 9.17) is 15.2 Å². The van der Waals surface area contributed by atoms with E-state index < -0.39 is 30.6 Å². The van der Waals surface area contributed by atoms with Crippen molar-refractivity contribution in [1.82, 2.24) is 14.9 Å². The van der Waals surface area contributed by atoms with E-state index in [-0.39, 0.29) is 17.9 Å². The molecule has 1 rings (SSSR count). The number of carbonyl (C=O) groups excluding carboxylic acids is 1. The Morgan fingerprint density at radius 1 is 1.38 bits per heavy atom. The highest BCUT2D eigenvalue weighted by atomic mass is 19.4. The van der Waals surface area contributed by atoms with Crippen LogP contribution in [0.25, 0.3) is 0 Å². The highest BCUT2D eigenvalue weighted by Gasteiger charge is 2.38. The van der Waals surface area contributed by atoms with Gasteiger partial charge < -0.3 is 20.5 Å². The summed E-state index contributed by atoms with van der Waals surface area (Å²) in [6.45, 7) is 3.76. The first-order chi connectivity index (χ1) is 12.2. The van der Waals surface area contributed by atoms with E-state index in [0.29, 0.717) is 13.2 Å². The van der Waals surface area contributed by atoms with E-state index in [1.807, 2.05) is 0 Å². The van der Waals surface area contributed by atoms with Gasteiger partial charge in [0.2, 0.25) is 0 Å². The number of nitrogen functional groups attached to an aromatic ring is 1. The van der Waals surface area contributed by atoms with Gasteiger partial charge in [0.15, 0.2) is 6.29 Å². The van der Waals surface area contributed by atoms with Gasteiger partial charge in [0, 0.05) is 19.4 Å². The van der Waals surface area contributed by atoms with Crippen molar-refractivity contribution in [3.63, 3.8) is 0 Å². The first kappa shape index (κ1) is 21.5. The number of hydrogen-bond acceptors (Lipinski definition) is 6. The molecule has 1 aromatic rings. The molecule has 144 valence electrons. The molecule has 0 saturated carbocycles. The molecule has 1 amide bonds. The van der Waals surface area contributed by atoms with Gasteiger partial charge in [-0.3, -0.25) is 9.36 Å². The smallest absolute Gasteiger partial charge is 0.382 e. The lowest BCUT2D eigenvalue weighted by Crippen LogP contribution is -2.36. The van der Waals surface area contributed by atoms with Gasteiger partial charge in [-0.15, -0.1) is 0 Å². The number of hydrogen-bond donors (Lipinski definition) is 2. The molecule has 0 aromatic carbocycles. The Morgan fingerprint density at radius 2 is 2.00 bits per heavy atom. The summed E-state index contributed by atoms with van der Waals surface area (Å²) in [4.78, 5) is 26.2. The molecule has 0 atom stereocenters. The molecule has 0 aliphatic rings. The third-order valence-electron chi connectivity index (χ3n) is 2.89. The molecular formula is C15H19F3N4O4. The predicted molar refractivity (Wildman–Crippen MR) is 85.9 cm³/mol. The van der Waals surface area contributed by atoms with Crippen LogP contribution in [0, 0.1) is 11.8 Å². The van der Waals surface area contributed by atoms with Crippen molar-refractivity contribution in [2.45, 2.75) is 32.9 Å². The number of halogens is 3.